The van der Waals surface area contributed by atoms with Gasteiger partial charge < -0.3 is 0 Å². The second-order valence-corrected chi connectivity index (χ2v) is 6.39. The highest BCUT2D eigenvalue weighted by Crippen LogP contribution is 2.26. The first-order valence-electron chi connectivity index (χ1n) is 7.07. The average molecular weight is 297 g/mol. The molecule has 2 atom stereocenters. The van der Waals surface area contributed by atoms with Gasteiger partial charge in [-0.15, -0.1) is 31.5 Å². The van der Waals surface area contributed by atoms with Crippen LogP contribution in [0.1, 0.15) is 44.9 Å². The molecular weight excluding hydrogens is 268 g/mol. The van der Waals surface area contributed by atoms with E-state index in [4.69, 9.17) is 12.6 Å². The van der Waals surface area contributed by atoms with Crippen molar-refractivity contribution in [1.29, 1.82) is 0 Å². The topological polar surface area (TPSA) is 0 Å². The zero-order chi connectivity index (χ0) is 14.3. The first-order chi connectivity index (χ1) is 9.26. The minimum absolute atomic E-state index is 0.409. The predicted molar refractivity (Wildman–Crippen MR) is 96.2 cm³/mol. The molecule has 0 aromatic heterocycles. The Morgan fingerprint density at radius 1 is 0.947 bits per heavy atom. The van der Waals surface area contributed by atoms with Crippen LogP contribution in [-0.2, 0) is 0 Å². The van der Waals surface area contributed by atoms with Crippen molar-refractivity contribution >= 4 is 24.4 Å². The van der Waals surface area contributed by atoms with E-state index in [1.54, 1.807) is 0 Å². The lowest BCUT2D eigenvalue weighted by Crippen LogP contribution is -2.16. The monoisotopic (exact) mass is 296 g/mol. The Hall–Kier alpha value is -0.340. The third-order valence-corrected chi connectivity index (χ3v) is 4.91. The SMILES string of the molecule is C=CCCCCC=CSC(CC=C)C(S)CCC=C. The van der Waals surface area contributed by atoms with Gasteiger partial charge in [-0.25, -0.2) is 0 Å². The van der Waals surface area contributed by atoms with Crippen molar-refractivity contribution in [3.63, 3.8) is 0 Å². The lowest BCUT2D eigenvalue weighted by molar-refractivity contribution is 0.735. The molecule has 19 heavy (non-hydrogen) atoms. The molecule has 0 saturated heterocycles. The standard InChI is InChI=1S/C17H28S2/c1-4-7-9-10-11-12-15-19-17(13-6-3)16(18)14-8-5-2/h4-6,12,15-18H,1-3,7-11,13-14H2. The maximum Gasteiger partial charge on any atom is 0.0239 e. The third-order valence-electron chi connectivity index (χ3n) is 2.87. The fourth-order valence-corrected chi connectivity index (χ4v) is 3.21. The number of hydrogen-bond acceptors (Lipinski definition) is 2. The van der Waals surface area contributed by atoms with Crippen molar-refractivity contribution in [3.05, 3.63) is 49.4 Å². The van der Waals surface area contributed by atoms with Crippen LogP contribution in [0.15, 0.2) is 49.4 Å². The van der Waals surface area contributed by atoms with Crippen molar-refractivity contribution in [3.8, 4) is 0 Å². The summed E-state index contributed by atoms with van der Waals surface area (Å²) in [5.41, 5.74) is 0. The molecule has 0 rings (SSSR count). The van der Waals surface area contributed by atoms with Crippen LogP contribution >= 0.6 is 24.4 Å². The number of thioether (sulfide) groups is 1. The highest BCUT2D eigenvalue weighted by Gasteiger charge is 2.15. The smallest absolute Gasteiger partial charge is 0.0239 e. The molecule has 0 spiro atoms. The number of unbranched alkanes of at least 4 members (excludes halogenated alkanes) is 3. The quantitative estimate of drug-likeness (QED) is 0.240. The van der Waals surface area contributed by atoms with Crippen LogP contribution in [0.4, 0.5) is 0 Å². The van der Waals surface area contributed by atoms with Gasteiger partial charge in [-0.2, -0.15) is 12.6 Å². The van der Waals surface area contributed by atoms with Crippen molar-refractivity contribution < 1.29 is 0 Å². The van der Waals surface area contributed by atoms with E-state index in [9.17, 15) is 0 Å². The van der Waals surface area contributed by atoms with Gasteiger partial charge in [-0.05, 0) is 50.4 Å². The van der Waals surface area contributed by atoms with Gasteiger partial charge in [0.15, 0.2) is 0 Å². The molecule has 0 radical (unpaired) electrons. The van der Waals surface area contributed by atoms with Gasteiger partial charge in [0.1, 0.15) is 0 Å². The van der Waals surface area contributed by atoms with Gasteiger partial charge in [-0.3, -0.25) is 0 Å². The molecule has 0 amide bonds. The molecule has 108 valence electrons. The van der Waals surface area contributed by atoms with Gasteiger partial charge in [0, 0.05) is 10.5 Å². The Morgan fingerprint density at radius 3 is 2.26 bits per heavy atom. The van der Waals surface area contributed by atoms with E-state index in [1.807, 2.05) is 30.0 Å². The highest BCUT2D eigenvalue weighted by molar-refractivity contribution is 8.03. The highest BCUT2D eigenvalue weighted by atomic mass is 32.2. The Kier molecular flexibility index (Phi) is 13.8. The van der Waals surface area contributed by atoms with Crippen LogP contribution in [0.3, 0.4) is 0 Å². The lowest BCUT2D eigenvalue weighted by atomic mass is 10.1. The van der Waals surface area contributed by atoms with Crippen molar-refractivity contribution in [2.24, 2.45) is 0 Å². The average Bonchev–Trinajstić information content (AvgIpc) is 2.42. The third kappa shape index (κ3) is 11.2. The molecule has 0 bridgehead atoms. The molecular formula is C17H28S2. The van der Waals surface area contributed by atoms with Gasteiger partial charge in [-0.1, -0.05) is 24.3 Å². The number of thiol groups is 1. The Morgan fingerprint density at radius 2 is 1.63 bits per heavy atom. The number of allylic oxidation sites excluding steroid dienone is 4. The molecule has 0 aliphatic rings. The van der Waals surface area contributed by atoms with E-state index in [1.165, 1.54) is 12.8 Å². The Bertz CT molecular complexity index is 268. The molecule has 0 aromatic carbocycles. The summed E-state index contributed by atoms with van der Waals surface area (Å²) in [6, 6.07) is 0. The van der Waals surface area contributed by atoms with Crippen molar-refractivity contribution in [2.75, 3.05) is 0 Å². The Labute approximate surface area is 129 Å². The normalized spacial score (nSPS) is 14.2. The molecule has 0 nitrogen and oxygen atoms in total. The van der Waals surface area contributed by atoms with Crippen molar-refractivity contribution in [1.82, 2.24) is 0 Å². The first kappa shape index (κ1) is 18.7. The zero-order valence-electron chi connectivity index (χ0n) is 12.0. The second-order valence-electron chi connectivity index (χ2n) is 4.58. The molecule has 2 unspecified atom stereocenters. The second kappa shape index (κ2) is 14.1. The van der Waals surface area contributed by atoms with Gasteiger partial charge >= 0.3 is 0 Å². The van der Waals surface area contributed by atoms with E-state index >= 15 is 0 Å². The van der Waals surface area contributed by atoms with Crippen LogP contribution in [0.5, 0.6) is 0 Å². The summed E-state index contributed by atoms with van der Waals surface area (Å²) in [5, 5.41) is 3.16. The molecule has 2 heteroatoms. The molecule has 0 aliphatic carbocycles. The van der Waals surface area contributed by atoms with E-state index in [2.05, 4.69) is 31.2 Å². The van der Waals surface area contributed by atoms with Gasteiger partial charge in [0.05, 0.1) is 0 Å². The van der Waals surface area contributed by atoms with E-state index in [0.29, 0.717) is 10.5 Å². The van der Waals surface area contributed by atoms with E-state index in [0.717, 1.165) is 32.1 Å². The van der Waals surface area contributed by atoms with Crippen molar-refractivity contribution in [2.45, 2.75) is 55.4 Å². The first-order valence-corrected chi connectivity index (χ1v) is 8.53. The lowest BCUT2D eigenvalue weighted by Gasteiger charge is -2.19. The van der Waals surface area contributed by atoms with E-state index < -0.39 is 0 Å². The van der Waals surface area contributed by atoms with E-state index in [-0.39, 0.29) is 0 Å². The van der Waals surface area contributed by atoms with Gasteiger partial charge in [0.25, 0.3) is 0 Å². The summed E-state index contributed by atoms with van der Waals surface area (Å²) in [6.07, 6.45) is 16.1. The predicted octanol–water partition coefficient (Wildman–Crippen LogP) is 6.19. The summed E-state index contributed by atoms with van der Waals surface area (Å²) in [6.45, 7) is 11.3. The molecule has 0 aromatic rings. The largest absolute Gasteiger partial charge is 0.175 e. The number of hydrogen-bond donors (Lipinski definition) is 1. The fourth-order valence-electron chi connectivity index (χ4n) is 1.72. The van der Waals surface area contributed by atoms with Crippen LogP contribution in [0.2, 0.25) is 0 Å². The summed E-state index contributed by atoms with van der Waals surface area (Å²) < 4.78 is 0. The minimum Gasteiger partial charge on any atom is -0.175 e. The summed E-state index contributed by atoms with van der Waals surface area (Å²) in [5.74, 6) is 0. The maximum absolute atomic E-state index is 4.70. The fraction of sp³-hybridized carbons (Fsp3) is 0.529. The molecule has 0 N–H and O–H groups in total. The van der Waals surface area contributed by atoms with Crippen LogP contribution in [0.25, 0.3) is 0 Å². The molecule has 0 aliphatic heterocycles. The maximum atomic E-state index is 4.70. The molecule has 0 saturated carbocycles. The zero-order valence-corrected chi connectivity index (χ0v) is 13.7. The molecule has 0 fully saturated rings. The Balaban J connectivity index is 3.91. The minimum atomic E-state index is 0.409. The summed E-state index contributed by atoms with van der Waals surface area (Å²) in [7, 11) is 0. The van der Waals surface area contributed by atoms with Crippen LogP contribution < -0.4 is 0 Å². The summed E-state index contributed by atoms with van der Waals surface area (Å²) >= 11 is 6.59. The summed E-state index contributed by atoms with van der Waals surface area (Å²) in [4.78, 5) is 0. The molecule has 0 heterocycles. The van der Waals surface area contributed by atoms with Crippen LogP contribution in [0, 0.1) is 0 Å². The van der Waals surface area contributed by atoms with Gasteiger partial charge in [0.2, 0.25) is 0 Å². The van der Waals surface area contributed by atoms with Crippen LogP contribution in [-0.4, -0.2) is 10.5 Å². The number of rotatable bonds is 13.